The fraction of sp³-hybridized carbons (Fsp3) is 0.333. The van der Waals surface area contributed by atoms with Crippen molar-refractivity contribution in [2.45, 2.75) is 32.2 Å². The van der Waals surface area contributed by atoms with Gasteiger partial charge >= 0.3 is 0 Å². The highest BCUT2D eigenvalue weighted by Crippen LogP contribution is 2.33. The van der Waals surface area contributed by atoms with Crippen LogP contribution in [0.3, 0.4) is 0 Å². The lowest BCUT2D eigenvalue weighted by atomic mass is 10.1. The van der Waals surface area contributed by atoms with Gasteiger partial charge in [0, 0.05) is 11.6 Å². The van der Waals surface area contributed by atoms with E-state index in [1.165, 1.54) is 5.56 Å². The summed E-state index contributed by atoms with van der Waals surface area (Å²) in [6.45, 7) is 6.41. The monoisotopic (exact) mass is 305 g/mol. The van der Waals surface area contributed by atoms with Crippen molar-refractivity contribution < 1.29 is 0 Å². The Bertz CT molecular complexity index is 744. The number of aryl methyl sites for hydroxylation is 1. The first kappa shape index (κ1) is 13.6. The second-order valence-corrected chi connectivity index (χ2v) is 6.55. The maximum Gasteiger partial charge on any atom is 0.125 e. The zero-order chi connectivity index (χ0) is 14.3. The van der Waals surface area contributed by atoms with Gasteiger partial charge in [-0.3, -0.25) is 0 Å². The fourth-order valence-corrected chi connectivity index (χ4v) is 3.50. The van der Waals surface area contributed by atoms with E-state index < -0.39 is 0 Å². The molecule has 0 atom stereocenters. The Morgan fingerprint density at radius 1 is 1.35 bits per heavy atom. The number of thiazole rings is 1. The van der Waals surface area contributed by atoms with E-state index in [0.29, 0.717) is 5.88 Å². The third-order valence-electron chi connectivity index (χ3n) is 3.51. The second kappa shape index (κ2) is 4.86. The number of halogens is 1. The van der Waals surface area contributed by atoms with Crippen LogP contribution in [0.1, 0.15) is 30.2 Å². The average Bonchev–Trinajstić information content (AvgIpc) is 3.05. The Morgan fingerprint density at radius 3 is 2.80 bits per heavy atom. The number of aromatic nitrogens is 3. The van der Waals surface area contributed by atoms with Gasteiger partial charge in [-0.25, -0.2) is 9.97 Å². The minimum atomic E-state index is -0.263. The lowest BCUT2D eigenvalue weighted by Gasteiger charge is -2.27. The number of fused-ring (bicyclic) bond motifs is 1. The molecule has 0 aliphatic carbocycles. The van der Waals surface area contributed by atoms with E-state index in [4.69, 9.17) is 11.6 Å². The van der Waals surface area contributed by atoms with E-state index in [9.17, 15) is 0 Å². The van der Waals surface area contributed by atoms with Crippen molar-refractivity contribution in [1.82, 2.24) is 14.5 Å². The number of imidazole rings is 1. The summed E-state index contributed by atoms with van der Waals surface area (Å²) in [5.41, 5.74) is 3.05. The Morgan fingerprint density at radius 2 is 2.15 bits per heavy atom. The zero-order valence-electron chi connectivity index (χ0n) is 11.7. The minimum absolute atomic E-state index is 0.263. The van der Waals surface area contributed by atoms with Gasteiger partial charge in [0.2, 0.25) is 0 Å². The molecule has 20 heavy (non-hydrogen) atoms. The maximum atomic E-state index is 6.11. The molecule has 0 saturated carbocycles. The SMILES string of the molecule is Cc1ccc2nc(CCl)n(C(C)(C)c3nccs3)c2c1. The molecule has 0 saturated heterocycles. The van der Waals surface area contributed by atoms with E-state index in [1.54, 1.807) is 11.3 Å². The van der Waals surface area contributed by atoms with Gasteiger partial charge in [-0.05, 0) is 38.5 Å². The summed E-state index contributed by atoms with van der Waals surface area (Å²) < 4.78 is 2.21. The molecule has 0 spiro atoms. The van der Waals surface area contributed by atoms with E-state index in [2.05, 4.69) is 53.5 Å². The number of hydrogen-bond donors (Lipinski definition) is 0. The molecule has 0 fully saturated rings. The van der Waals surface area contributed by atoms with Crippen LogP contribution in [0.5, 0.6) is 0 Å². The summed E-state index contributed by atoms with van der Waals surface area (Å²) in [7, 11) is 0. The third kappa shape index (κ3) is 2.03. The Hall–Kier alpha value is -1.39. The van der Waals surface area contributed by atoms with Crippen LogP contribution < -0.4 is 0 Å². The number of nitrogens with zero attached hydrogens (tertiary/aromatic N) is 3. The molecule has 104 valence electrons. The van der Waals surface area contributed by atoms with Gasteiger partial charge < -0.3 is 4.57 Å². The summed E-state index contributed by atoms with van der Waals surface area (Å²) >= 11 is 7.77. The quantitative estimate of drug-likeness (QED) is 0.675. The van der Waals surface area contributed by atoms with Crippen LogP contribution in [0.15, 0.2) is 29.8 Å². The molecule has 0 N–H and O–H groups in total. The van der Waals surface area contributed by atoms with E-state index in [-0.39, 0.29) is 5.54 Å². The molecule has 0 aliphatic heterocycles. The van der Waals surface area contributed by atoms with Crippen LogP contribution in [-0.4, -0.2) is 14.5 Å². The molecule has 0 unspecified atom stereocenters. The van der Waals surface area contributed by atoms with E-state index in [0.717, 1.165) is 21.9 Å². The normalized spacial score (nSPS) is 12.2. The van der Waals surface area contributed by atoms with Crippen LogP contribution in [0, 0.1) is 6.92 Å². The maximum absolute atomic E-state index is 6.11. The van der Waals surface area contributed by atoms with Crippen molar-refractivity contribution in [2.75, 3.05) is 0 Å². The standard InChI is InChI=1S/C15H16ClN3S/c1-10-4-5-11-12(8-10)19(13(9-16)18-11)15(2,3)14-17-6-7-20-14/h4-8H,9H2,1-3H3. The average molecular weight is 306 g/mol. The van der Waals surface area contributed by atoms with E-state index in [1.807, 2.05) is 11.6 Å². The summed E-state index contributed by atoms with van der Waals surface area (Å²) in [6, 6.07) is 6.29. The van der Waals surface area contributed by atoms with Crippen LogP contribution in [0.2, 0.25) is 0 Å². The first-order valence-corrected chi connectivity index (χ1v) is 7.90. The highest BCUT2D eigenvalue weighted by molar-refractivity contribution is 7.09. The predicted octanol–water partition coefficient (Wildman–Crippen LogP) is 4.32. The molecule has 0 aliphatic rings. The van der Waals surface area contributed by atoms with Crippen molar-refractivity contribution >= 4 is 34.0 Å². The highest BCUT2D eigenvalue weighted by atomic mass is 35.5. The van der Waals surface area contributed by atoms with Crippen LogP contribution in [0.25, 0.3) is 11.0 Å². The molecular weight excluding hydrogens is 290 g/mol. The molecule has 1 aromatic carbocycles. The van der Waals surface area contributed by atoms with Gasteiger partial charge in [0.1, 0.15) is 10.8 Å². The molecule has 0 radical (unpaired) electrons. The van der Waals surface area contributed by atoms with Crippen molar-refractivity contribution in [3.8, 4) is 0 Å². The zero-order valence-corrected chi connectivity index (χ0v) is 13.3. The Balaban J connectivity index is 2.31. The Labute approximate surface area is 127 Å². The number of alkyl halides is 1. The highest BCUT2D eigenvalue weighted by Gasteiger charge is 2.30. The van der Waals surface area contributed by atoms with Crippen LogP contribution in [-0.2, 0) is 11.4 Å². The first-order valence-electron chi connectivity index (χ1n) is 6.48. The molecule has 3 aromatic rings. The third-order valence-corrected chi connectivity index (χ3v) is 4.84. The molecule has 3 nitrogen and oxygen atoms in total. The molecule has 0 bridgehead atoms. The second-order valence-electron chi connectivity index (χ2n) is 5.39. The fourth-order valence-electron chi connectivity index (χ4n) is 2.57. The van der Waals surface area contributed by atoms with E-state index >= 15 is 0 Å². The van der Waals surface area contributed by atoms with Gasteiger partial charge in [-0.1, -0.05) is 6.07 Å². The summed E-state index contributed by atoms with van der Waals surface area (Å²) in [5.74, 6) is 1.27. The van der Waals surface area contributed by atoms with Gasteiger partial charge in [0.25, 0.3) is 0 Å². The van der Waals surface area contributed by atoms with Crippen LogP contribution >= 0.6 is 22.9 Å². The molecule has 2 heterocycles. The summed E-state index contributed by atoms with van der Waals surface area (Å²) in [5, 5.41) is 3.06. The van der Waals surface area contributed by atoms with Crippen molar-refractivity contribution in [2.24, 2.45) is 0 Å². The van der Waals surface area contributed by atoms with Crippen molar-refractivity contribution in [1.29, 1.82) is 0 Å². The molecule has 5 heteroatoms. The molecule has 0 amide bonds. The number of benzene rings is 1. The number of rotatable bonds is 3. The molecular formula is C15H16ClN3S. The molecule has 3 rings (SSSR count). The Kier molecular flexibility index (Phi) is 3.30. The first-order chi connectivity index (χ1) is 9.54. The van der Waals surface area contributed by atoms with Gasteiger partial charge in [-0.15, -0.1) is 22.9 Å². The summed E-state index contributed by atoms with van der Waals surface area (Å²) in [6.07, 6.45) is 1.84. The van der Waals surface area contributed by atoms with Crippen molar-refractivity contribution in [3.05, 3.63) is 46.2 Å². The van der Waals surface area contributed by atoms with Gasteiger partial charge in [-0.2, -0.15) is 0 Å². The smallest absolute Gasteiger partial charge is 0.125 e. The van der Waals surface area contributed by atoms with Gasteiger partial charge in [0.15, 0.2) is 0 Å². The lowest BCUT2D eigenvalue weighted by molar-refractivity contribution is 0.435. The predicted molar refractivity (Wildman–Crippen MR) is 84.6 cm³/mol. The van der Waals surface area contributed by atoms with Gasteiger partial charge in [0.05, 0.1) is 22.5 Å². The minimum Gasteiger partial charge on any atom is -0.315 e. The largest absolute Gasteiger partial charge is 0.315 e. The van der Waals surface area contributed by atoms with Crippen molar-refractivity contribution in [3.63, 3.8) is 0 Å². The number of hydrogen-bond acceptors (Lipinski definition) is 3. The lowest BCUT2D eigenvalue weighted by Crippen LogP contribution is -2.29. The molecule has 2 aromatic heterocycles. The topological polar surface area (TPSA) is 30.7 Å². The van der Waals surface area contributed by atoms with Crippen LogP contribution in [0.4, 0.5) is 0 Å². The summed E-state index contributed by atoms with van der Waals surface area (Å²) in [4.78, 5) is 9.13.